The lowest BCUT2D eigenvalue weighted by atomic mass is 10.2. The van der Waals surface area contributed by atoms with E-state index in [4.69, 9.17) is 14.6 Å². The number of carboxylic acids is 1. The molecule has 0 bridgehead atoms. The van der Waals surface area contributed by atoms with Gasteiger partial charge in [-0.2, -0.15) is 0 Å². The fraction of sp³-hybridized carbons (Fsp3) is 0.0833. The van der Waals surface area contributed by atoms with Crippen molar-refractivity contribution >= 4 is 23.6 Å². The predicted octanol–water partition coefficient (Wildman–Crippen LogP) is 4.49. The zero-order valence-electron chi connectivity index (χ0n) is 16.2. The van der Waals surface area contributed by atoms with Crippen LogP contribution in [0.2, 0.25) is 0 Å². The number of hydrogen-bond donors (Lipinski definition) is 2. The van der Waals surface area contributed by atoms with Gasteiger partial charge < -0.3 is 19.9 Å². The van der Waals surface area contributed by atoms with Crippen LogP contribution in [0.4, 0.5) is 5.69 Å². The lowest BCUT2D eigenvalue weighted by Gasteiger charge is -2.12. The molecule has 0 aromatic heterocycles. The maximum Gasteiger partial charge on any atom is 0.335 e. The van der Waals surface area contributed by atoms with E-state index in [1.54, 1.807) is 30.3 Å². The number of benzene rings is 3. The third-order valence-electron chi connectivity index (χ3n) is 4.08. The van der Waals surface area contributed by atoms with Crippen molar-refractivity contribution in [2.24, 2.45) is 0 Å². The Balaban J connectivity index is 1.50. The molecule has 3 aromatic carbocycles. The average Bonchev–Trinajstić information content (AvgIpc) is 2.77. The van der Waals surface area contributed by atoms with Crippen LogP contribution in [0, 0.1) is 0 Å². The van der Waals surface area contributed by atoms with E-state index in [9.17, 15) is 9.59 Å². The van der Waals surface area contributed by atoms with E-state index < -0.39 is 5.97 Å². The summed E-state index contributed by atoms with van der Waals surface area (Å²) in [5.41, 5.74) is 1.70. The molecule has 6 nitrogen and oxygen atoms in total. The van der Waals surface area contributed by atoms with Crippen LogP contribution >= 0.6 is 0 Å². The fourth-order valence-corrected chi connectivity index (χ4v) is 2.61. The molecule has 2 N–H and O–H groups in total. The highest BCUT2D eigenvalue weighted by Gasteiger charge is 2.06. The van der Waals surface area contributed by atoms with Gasteiger partial charge in [0.25, 0.3) is 0 Å². The molecule has 0 spiro atoms. The monoisotopic (exact) mass is 403 g/mol. The maximum atomic E-state index is 12.2. The van der Waals surface area contributed by atoms with E-state index in [0.29, 0.717) is 17.2 Å². The Morgan fingerprint density at radius 2 is 1.50 bits per heavy atom. The van der Waals surface area contributed by atoms with Gasteiger partial charge in [-0.25, -0.2) is 4.79 Å². The summed E-state index contributed by atoms with van der Waals surface area (Å²) in [6.45, 7) is 0.524. The first-order valence-electron chi connectivity index (χ1n) is 9.34. The molecule has 0 saturated carbocycles. The highest BCUT2D eigenvalue weighted by molar-refractivity contribution is 6.02. The van der Waals surface area contributed by atoms with Gasteiger partial charge in [0, 0.05) is 6.08 Å². The van der Waals surface area contributed by atoms with Crippen molar-refractivity contribution in [3.8, 4) is 11.5 Å². The molecule has 30 heavy (non-hydrogen) atoms. The van der Waals surface area contributed by atoms with Crippen molar-refractivity contribution in [2.45, 2.75) is 0 Å². The molecule has 1 amide bonds. The van der Waals surface area contributed by atoms with Crippen molar-refractivity contribution in [3.05, 3.63) is 96.1 Å². The third kappa shape index (κ3) is 6.24. The summed E-state index contributed by atoms with van der Waals surface area (Å²) in [5, 5.41) is 11.7. The first-order chi connectivity index (χ1) is 14.6. The number of carbonyl (C=O) groups is 2. The number of ether oxygens (including phenoxy) is 2. The zero-order chi connectivity index (χ0) is 21.2. The largest absolute Gasteiger partial charge is 0.490 e. The van der Waals surface area contributed by atoms with Gasteiger partial charge in [-0.1, -0.05) is 42.5 Å². The molecule has 6 heteroatoms. The van der Waals surface area contributed by atoms with Crippen molar-refractivity contribution < 1.29 is 24.2 Å². The van der Waals surface area contributed by atoms with Crippen molar-refractivity contribution in [1.29, 1.82) is 0 Å². The minimum atomic E-state index is -0.984. The Morgan fingerprint density at radius 1 is 0.833 bits per heavy atom. The van der Waals surface area contributed by atoms with E-state index in [0.717, 1.165) is 5.56 Å². The topological polar surface area (TPSA) is 84.9 Å². The van der Waals surface area contributed by atoms with Gasteiger partial charge in [0.2, 0.25) is 5.91 Å². The number of carboxylic acid groups (broad SMARTS) is 1. The third-order valence-corrected chi connectivity index (χ3v) is 4.08. The predicted molar refractivity (Wildman–Crippen MR) is 115 cm³/mol. The van der Waals surface area contributed by atoms with Crippen LogP contribution in [0.1, 0.15) is 15.9 Å². The second kappa shape index (κ2) is 10.5. The Kier molecular flexibility index (Phi) is 7.22. The van der Waals surface area contributed by atoms with E-state index in [1.165, 1.54) is 18.2 Å². The molecular weight excluding hydrogens is 382 g/mol. The Morgan fingerprint density at radius 3 is 2.23 bits per heavy atom. The zero-order valence-corrected chi connectivity index (χ0v) is 16.2. The SMILES string of the molecule is O=C(C=Cc1ccccc1)Nc1ccccc1OCCOc1ccc(C(=O)O)cc1. The quantitative estimate of drug-likeness (QED) is 0.406. The number of rotatable bonds is 9. The normalized spacial score (nSPS) is 10.5. The highest BCUT2D eigenvalue weighted by Crippen LogP contribution is 2.24. The Bertz CT molecular complexity index is 1010. The highest BCUT2D eigenvalue weighted by atomic mass is 16.5. The van der Waals surface area contributed by atoms with Gasteiger partial charge in [-0.3, -0.25) is 4.79 Å². The lowest BCUT2D eigenvalue weighted by Crippen LogP contribution is -2.12. The van der Waals surface area contributed by atoms with Gasteiger partial charge in [0.15, 0.2) is 0 Å². The van der Waals surface area contributed by atoms with Crippen LogP contribution < -0.4 is 14.8 Å². The first kappa shape index (κ1) is 20.7. The number of amides is 1. The average molecular weight is 403 g/mol. The molecule has 3 rings (SSSR count). The number of para-hydroxylation sites is 2. The minimum Gasteiger partial charge on any atom is -0.490 e. The molecule has 0 saturated heterocycles. The van der Waals surface area contributed by atoms with Crippen LogP contribution in [-0.2, 0) is 4.79 Å². The number of aromatic carboxylic acids is 1. The smallest absolute Gasteiger partial charge is 0.335 e. The summed E-state index contributed by atoms with van der Waals surface area (Å²) in [5.74, 6) is -0.160. The van der Waals surface area contributed by atoms with Gasteiger partial charge in [-0.05, 0) is 48.0 Å². The van der Waals surface area contributed by atoms with Gasteiger partial charge >= 0.3 is 5.97 Å². The maximum absolute atomic E-state index is 12.2. The summed E-state index contributed by atoms with van der Waals surface area (Å²) in [7, 11) is 0. The van der Waals surface area contributed by atoms with E-state index in [1.807, 2.05) is 42.5 Å². The van der Waals surface area contributed by atoms with Gasteiger partial charge in [0.05, 0.1) is 11.3 Å². The standard InChI is InChI=1S/C24H21NO5/c26-23(15-10-18-6-2-1-3-7-18)25-21-8-4-5-9-22(21)30-17-16-29-20-13-11-19(12-14-20)24(27)28/h1-15H,16-17H2,(H,25,26)(H,27,28). The minimum absolute atomic E-state index is 0.199. The van der Waals surface area contributed by atoms with E-state index in [2.05, 4.69) is 5.32 Å². The second-order valence-electron chi connectivity index (χ2n) is 6.26. The summed E-state index contributed by atoms with van der Waals surface area (Å²) in [6, 6.07) is 22.8. The number of hydrogen-bond acceptors (Lipinski definition) is 4. The summed E-state index contributed by atoms with van der Waals surface area (Å²) < 4.78 is 11.3. The van der Waals surface area contributed by atoms with Crippen LogP contribution in [0.15, 0.2) is 84.9 Å². The van der Waals surface area contributed by atoms with Crippen molar-refractivity contribution in [3.63, 3.8) is 0 Å². The molecular formula is C24H21NO5. The Hall–Kier alpha value is -4.06. The summed E-state index contributed by atoms with van der Waals surface area (Å²) in [4.78, 5) is 23.1. The van der Waals surface area contributed by atoms with Crippen molar-refractivity contribution in [1.82, 2.24) is 0 Å². The molecule has 0 unspecified atom stereocenters. The number of anilines is 1. The molecule has 0 aliphatic rings. The first-order valence-corrected chi connectivity index (χ1v) is 9.34. The van der Waals surface area contributed by atoms with E-state index >= 15 is 0 Å². The summed E-state index contributed by atoms with van der Waals surface area (Å²) in [6.07, 6.45) is 3.21. The molecule has 0 aliphatic carbocycles. The van der Waals surface area contributed by atoms with Crippen LogP contribution in [0.25, 0.3) is 6.08 Å². The van der Waals surface area contributed by atoms with Gasteiger partial charge in [-0.15, -0.1) is 0 Å². The number of carbonyl (C=O) groups excluding carboxylic acids is 1. The summed E-state index contributed by atoms with van der Waals surface area (Å²) >= 11 is 0. The van der Waals surface area contributed by atoms with E-state index in [-0.39, 0.29) is 24.7 Å². The fourth-order valence-electron chi connectivity index (χ4n) is 2.61. The lowest BCUT2D eigenvalue weighted by molar-refractivity contribution is -0.111. The molecule has 0 aliphatic heterocycles. The molecule has 152 valence electrons. The molecule has 0 atom stereocenters. The van der Waals surface area contributed by atoms with Crippen LogP contribution in [0.3, 0.4) is 0 Å². The van der Waals surface area contributed by atoms with Crippen molar-refractivity contribution in [2.75, 3.05) is 18.5 Å². The van der Waals surface area contributed by atoms with Crippen LogP contribution in [-0.4, -0.2) is 30.2 Å². The Labute approximate surface area is 174 Å². The van der Waals surface area contributed by atoms with Crippen LogP contribution in [0.5, 0.6) is 11.5 Å². The molecule has 0 fully saturated rings. The molecule has 0 radical (unpaired) electrons. The molecule has 0 heterocycles. The van der Waals surface area contributed by atoms with Gasteiger partial charge in [0.1, 0.15) is 24.7 Å². The molecule has 3 aromatic rings. The number of nitrogens with one attached hydrogen (secondary N) is 1. The second-order valence-corrected chi connectivity index (χ2v) is 6.26.